The number of fused-ring (bicyclic) bond motifs is 1. The van der Waals surface area contributed by atoms with E-state index in [-0.39, 0.29) is 0 Å². The van der Waals surface area contributed by atoms with E-state index in [9.17, 15) is 0 Å². The average molecular weight is 275 g/mol. The Bertz CT molecular complexity index is 391. The highest BCUT2D eigenvalue weighted by molar-refractivity contribution is 5.39. The fourth-order valence-corrected chi connectivity index (χ4v) is 3.14. The summed E-state index contributed by atoms with van der Waals surface area (Å²) >= 11 is 0. The molecule has 1 N–H and O–H groups in total. The number of benzene rings is 1. The van der Waals surface area contributed by atoms with Crippen LogP contribution in [0.15, 0.2) is 24.3 Å². The van der Waals surface area contributed by atoms with Crippen LogP contribution in [0.2, 0.25) is 0 Å². The first-order valence-electron chi connectivity index (χ1n) is 8.24. The quantitative estimate of drug-likeness (QED) is 0.654. The summed E-state index contributed by atoms with van der Waals surface area (Å²) < 4.78 is 5.46. The Morgan fingerprint density at radius 2 is 2.15 bits per heavy atom. The SMILES string of the molecule is CCCNC(CCCOCC)CC1Cc2ccccc21. The molecule has 1 aliphatic carbocycles. The van der Waals surface area contributed by atoms with E-state index in [4.69, 9.17) is 4.74 Å². The fraction of sp³-hybridized carbons (Fsp3) is 0.667. The van der Waals surface area contributed by atoms with Crippen LogP contribution in [-0.4, -0.2) is 25.8 Å². The smallest absolute Gasteiger partial charge is 0.0466 e. The molecular weight excluding hydrogens is 246 g/mol. The van der Waals surface area contributed by atoms with Gasteiger partial charge in [0, 0.05) is 19.3 Å². The fourth-order valence-electron chi connectivity index (χ4n) is 3.14. The topological polar surface area (TPSA) is 21.3 Å². The normalized spacial score (nSPS) is 18.4. The molecule has 0 spiro atoms. The van der Waals surface area contributed by atoms with E-state index in [2.05, 4.69) is 43.4 Å². The Hall–Kier alpha value is -0.860. The van der Waals surface area contributed by atoms with Crippen LogP contribution in [0.25, 0.3) is 0 Å². The van der Waals surface area contributed by atoms with Gasteiger partial charge >= 0.3 is 0 Å². The van der Waals surface area contributed by atoms with Crippen LogP contribution in [0.5, 0.6) is 0 Å². The van der Waals surface area contributed by atoms with Gasteiger partial charge in [-0.3, -0.25) is 0 Å². The molecule has 2 atom stereocenters. The lowest BCUT2D eigenvalue weighted by molar-refractivity contribution is 0.140. The zero-order valence-corrected chi connectivity index (χ0v) is 13.0. The molecule has 2 heteroatoms. The number of nitrogens with one attached hydrogen (secondary N) is 1. The van der Waals surface area contributed by atoms with Crippen molar-refractivity contribution in [3.05, 3.63) is 35.4 Å². The minimum absolute atomic E-state index is 0.647. The summed E-state index contributed by atoms with van der Waals surface area (Å²) in [5.41, 5.74) is 3.14. The third kappa shape index (κ3) is 4.32. The van der Waals surface area contributed by atoms with Gasteiger partial charge in [0.1, 0.15) is 0 Å². The minimum atomic E-state index is 0.647. The van der Waals surface area contributed by atoms with Crippen molar-refractivity contribution < 1.29 is 4.74 Å². The summed E-state index contributed by atoms with van der Waals surface area (Å²) in [5, 5.41) is 3.72. The molecule has 2 rings (SSSR count). The lowest BCUT2D eigenvalue weighted by Crippen LogP contribution is -2.34. The molecule has 2 unspecified atom stereocenters. The maximum absolute atomic E-state index is 5.46. The standard InChI is InChI=1S/C18H29NO/c1-3-11-19-17(9-7-12-20-4-2)14-16-13-15-8-5-6-10-18(15)16/h5-6,8,10,16-17,19H,3-4,7,9,11-14H2,1-2H3. The molecule has 20 heavy (non-hydrogen) atoms. The molecule has 0 amide bonds. The molecular formula is C18H29NO. The summed E-state index contributed by atoms with van der Waals surface area (Å²) in [4.78, 5) is 0. The Kier molecular flexibility index (Phi) is 6.55. The number of rotatable bonds is 10. The molecule has 0 aliphatic heterocycles. The van der Waals surface area contributed by atoms with Crippen LogP contribution in [0.1, 0.15) is 56.6 Å². The molecule has 2 nitrogen and oxygen atoms in total. The van der Waals surface area contributed by atoms with Crippen molar-refractivity contribution in [3.8, 4) is 0 Å². The van der Waals surface area contributed by atoms with E-state index < -0.39 is 0 Å². The molecule has 0 fully saturated rings. The van der Waals surface area contributed by atoms with Gasteiger partial charge in [-0.05, 0) is 62.6 Å². The minimum Gasteiger partial charge on any atom is -0.382 e. The van der Waals surface area contributed by atoms with Gasteiger partial charge in [0.2, 0.25) is 0 Å². The molecule has 0 heterocycles. The second-order valence-corrected chi connectivity index (χ2v) is 5.83. The van der Waals surface area contributed by atoms with Gasteiger partial charge in [-0.25, -0.2) is 0 Å². The molecule has 0 bridgehead atoms. The zero-order chi connectivity index (χ0) is 14.2. The van der Waals surface area contributed by atoms with Gasteiger partial charge in [0.25, 0.3) is 0 Å². The Balaban J connectivity index is 1.79. The lowest BCUT2D eigenvalue weighted by Gasteiger charge is -2.33. The van der Waals surface area contributed by atoms with Gasteiger partial charge in [-0.1, -0.05) is 31.2 Å². The Morgan fingerprint density at radius 3 is 2.90 bits per heavy atom. The number of hydrogen-bond donors (Lipinski definition) is 1. The lowest BCUT2D eigenvalue weighted by atomic mass is 9.74. The first-order chi connectivity index (χ1) is 9.85. The molecule has 1 aromatic rings. The van der Waals surface area contributed by atoms with E-state index >= 15 is 0 Å². The van der Waals surface area contributed by atoms with Gasteiger partial charge < -0.3 is 10.1 Å². The summed E-state index contributed by atoms with van der Waals surface area (Å²) in [5.74, 6) is 0.771. The Labute approximate surface area is 123 Å². The maximum atomic E-state index is 5.46. The van der Waals surface area contributed by atoms with Crippen molar-refractivity contribution in [1.82, 2.24) is 5.32 Å². The highest BCUT2D eigenvalue weighted by Crippen LogP contribution is 2.38. The van der Waals surface area contributed by atoms with Gasteiger partial charge in [-0.2, -0.15) is 0 Å². The van der Waals surface area contributed by atoms with Crippen molar-refractivity contribution >= 4 is 0 Å². The number of hydrogen-bond acceptors (Lipinski definition) is 2. The maximum Gasteiger partial charge on any atom is 0.0466 e. The van der Waals surface area contributed by atoms with Crippen LogP contribution in [0, 0.1) is 0 Å². The molecule has 0 saturated heterocycles. The van der Waals surface area contributed by atoms with E-state index in [1.165, 1.54) is 32.1 Å². The monoisotopic (exact) mass is 275 g/mol. The van der Waals surface area contributed by atoms with E-state index in [0.717, 1.165) is 25.7 Å². The predicted octanol–water partition coefficient (Wildman–Crippen LogP) is 3.90. The summed E-state index contributed by atoms with van der Waals surface area (Å²) in [6, 6.07) is 9.56. The summed E-state index contributed by atoms with van der Waals surface area (Å²) in [7, 11) is 0. The Morgan fingerprint density at radius 1 is 1.30 bits per heavy atom. The second kappa shape index (κ2) is 8.43. The van der Waals surface area contributed by atoms with Crippen LogP contribution in [0.3, 0.4) is 0 Å². The second-order valence-electron chi connectivity index (χ2n) is 5.83. The van der Waals surface area contributed by atoms with Gasteiger partial charge in [0.05, 0.1) is 0 Å². The van der Waals surface area contributed by atoms with Gasteiger partial charge in [0.15, 0.2) is 0 Å². The molecule has 1 aliphatic rings. The van der Waals surface area contributed by atoms with Crippen LogP contribution < -0.4 is 5.32 Å². The van der Waals surface area contributed by atoms with Crippen molar-refractivity contribution in [2.24, 2.45) is 0 Å². The summed E-state index contributed by atoms with van der Waals surface area (Å²) in [6.07, 6.45) is 6.17. The summed E-state index contributed by atoms with van der Waals surface area (Å²) in [6.45, 7) is 7.18. The number of ether oxygens (including phenoxy) is 1. The molecule has 0 aromatic heterocycles. The first-order valence-corrected chi connectivity index (χ1v) is 8.24. The van der Waals surface area contributed by atoms with Crippen LogP contribution >= 0.6 is 0 Å². The highest BCUT2D eigenvalue weighted by Gasteiger charge is 2.27. The molecule has 0 saturated carbocycles. The van der Waals surface area contributed by atoms with Crippen LogP contribution in [-0.2, 0) is 11.2 Å². The van der Waals surface area contributed by atoms with E-state index in [0.29, 0.717) is 6.04 Å². The first kappa shape index (κ1) is 15.5. The molecule has 112 valence electrons. The largest absolute Gasteiger partial charge is 0.382 e. The van der Waals surface area contributed by atoms with Gasteiger partial charge in [-0.15, -0.1) is 0 Å². The predicted molar refractivity (Wildman–Crippen MR) is 85.3 cm³/mol. The third-order valence-electron chi connectivity index (χ3n) is 4.26. The van der Waals surface area contributed by atoms with Crippen LogP contribution in [0.4, 0.5) is 0 Å². The van der Waals surface area contributed by atoms with Crippen molar-refractivity contribution in [2.75, 3.05) is 19.8 Å². The van der Waals surface area contributed by atoms with E-state index in [1.807, 2.05) is 0 Å². The van der Waals surface area contributed by atoms with Crippen molar-refractivity contribution in [2.45, 2.75) is 57.9 Å². The van der Waals surface area contributed by atoms with E-state index in [1.54, 1.807) is 11.1 Å². The molecule has 0 radical (unpaired) electrons. The average Bonchev–Trinajstić information content (AvgIpc) is 2.45. The van der Waals surface area contributed by atoms with Crippen molar-refractivity contribution in [1.29, 1.82) is 0 Å². The highest BCUT2D eigenvalue weighted by atomic mass is 16.5. The molecule has 1 aromatic carbocycles. The third-order valence-corrected chi connectivity index (χ3v) is 4.26. The zero-order valence-electron chi connectivity index (χ0n) is 13.0. The van der Waals surface area contributed by atoms with Crippen molar-refractivity contribution in [3.63, 3.8) is 0 Å².